The molecule has 0 atom stereocenters. The number of rotatable bonds is 9. The number of ether oxygens (including phenoxy) is 2. The molecule has 0 saturated heterocycles. The Labute approximate surface area is 122 Å². The van der Waals surface area contributed by atoms with Gasteiger partial charge in [-0.25, -0.2) is 4.68 Å². The first-order valence-corrected chi connectivity index (χ1v) is 7.21. The van der Waals surface area contributed by atoms with Gasteiger partial charge in [-0.3, -0.25) is 4.79 Å². The van der Waals surface area contributed by atoms with Crippen LogP contribution in [0.2, 0.25) is 0 Å². The summed E-state index contributed by atoms with van der Waals surface area (Å²) in [5, 5.41) is 12.2. The highest BCUT2D eigenvalue weighted by atomic mass is 32.2. The summed E-state index contributed by atoms with van der Waals surface area (Å²) in [6.07, 6.45) is 0.931. The average molecular weight is 303 g/mol. The first-order chi connectivity index (χ1) is 9.58. The Bertz CT molecular complexity index is 409. The van der Waals surface area contributed by atoms with Crippen LogP contribution < -0.4 is 0 Å². The zero-order valence-corrected chi connectivity index (χ0v) is 13.1. The Balaban J connectivity index is 2.37. The van der Waals surface area contributed by atoms with Gasteiger partial charge < -0.3 is 14.4 Å². The summed E-state index contributed by atoms with van der Waals surface area (Å²) in [5.74, 6) is 0.911. The predicted molar refractivity (Wildman–Crippen MR) is 74.3 cm³/mol. The molecule has 8 nitrogen and oxygen atoms in total. The summed E-state index contributed by atoms with van der Waals surface area (Å²) >= 11 is 1.52. The maximum atomic E-state index is 11.4. The van der Waals surface area contributed by atoms with E-state index < -0.39 is 0 Å². The minimum absolute atomic E-state index is 0.129. The van der Waals surface area contributed by atoms with Crippen LogP contribution in [0.25, 0.3) is 0 Å². The SMILES string of the molecule is COC(Cn1nnnc1SCCCC(=O)N(C)C)OC. The minimum Gasteiger partial charge on any atom is -0.354 e. The lowest BCUT2D eigenvalue weighted by Gasteiger charge is -2.13. The highest BCUT2D eigenvalue weighted by molar-refractivity contribution is 7.99. The van der Waals surface area contributed by atoms with E-state index >= 15 is 0 Å². The number of methoxy groups -OCH3 is 2. The number of hydrogen-bond acceptors (Lipinski definition) is 7. The van der Waals surface area contributed by atoms with Crippen molar-refractivity contribution in [3.05, 3.63) is 0 Å². The van der Waals surface area contributed by atoms with Crippen LogP contribution in [0, 0.1) is 0 Å². The Hall–Kier alpha value is -1.19. The number of hydrogen-bond donors (Lipinski definition) is 0. The normalized spacial score (nSPS) is 11.1. The number of carbonyl (C=O) groups is 1. The second kappa shape index (κ2) is 8.88. The smallest absolute Gasteiger partial charge is 0.222 e. The van der Waals surface area contributed by atoms with Gasteiger partial charge in [-0.05, 0) is 16.8 Å². The molecule has 1 aromatic rings. The zero-order chi connectivity index (χ0) is 15.0. The third-order valence-electron chi connectivity index (χ3n) is 2.61. The molecule has 1 aromatic heterocycles. The molecule has 20 heavy (non-hydrogen) atoms. The summed E-state index contributed by atoms with van der Waals surface area (Å²) in [6, 6.07) is 0. The minimum atomic E-state index is -0.381. The Morgan fingerprint density at radius 3 is 2.70 bits per heavy atom. The predicted octanol–water partition coefficient (Wildman–Crippen LogP) is 0.253. The average Bonchev–Trinajstić information content (AvgIpc) is 2.87. The molecule has 9 heteroatoms. The molecule has 0 aliphatic carbocycles. The van der Waals surface area contributed by atoms with E-state index in [0.29, 0.717) is 18.1 Å². The van der Waals surface area contributed by atoms with Gasteiger partial charge in [-0.1, -0.05) is 11.8 Å². The highest BCUT2D eigenvalue weighted by Gasteiger charge is 2.13. The van der Waals surface area contributed by atoms with Gasteiger partial charge in [-0.2, -0.15) is 0 Å². The fraction of sp³-hybridized carbons (Fsp3) is 0.818. The van der Waals surface area contributed by atoms with Crippen molar-refractivity contribution < 1.29 is 14.3 Å². The molecule has 114 valence electrons. The van der Waals surface area contributed by atoms with Gasteiger partial charge in [0, 0.05) is 40.5 Å². The van der Waals surface area contributed by atoms with Crippen molar-refractivity contribution in [1.82, 2.24) is 25.1 Å². The summed E-state index contributed by atoms with van der Waals surface area (Å²) in [4.78, 5) is 13.0. The van der Waals surface area contributed by atoms with Gasteiger partial charge in [0.05, 0.1) is 6.54 Å². The fourth-order valence-electron chi connectivity index (χ4n) is 1.41. The van der Waals surface area contributed by atoms with Crippen LogP contribution in [-0.2, 0) is 20.8 Å². The van der Waals surface area contributed by atoms with E-state index in [9.17, 15) is 4.79 Å². The Morgan fingerprint density at radius 2 is 2.10 bits per heavy atom. The molecule has 0 radical (unpaired) electrons. The Kier molecular flexibility index (Phi) is 7.48. The van der Waals surface area contributed by atoms with Crippen molar-refractivity contribution in [2.75, 3.05) is 34.1 Å². The van der Waals surface area contributed by atoms with Gasteiger partial charge >= 0.3 is 0 Å². The number of aromatic nitrogens is 4. The third-order valence-corrected chi connectivity index (χ3v) is 3.66. The van der Waals surface area contributed by atoms with Crippen LogP contribution in [0.4, 0.5) is 0 Å². The quantitative estimate of drug-likeness (QED) is 0.367. The van der Waals surface area contributed by atoms with Crippen molar-refractivity contribution in [2.24, 2.45) is 0 Å². The van der Waals surface area contributed by atoms with Crippen LogP contribution in [-0.4, -0.2) is 71.4 Å². The van der Waals surface area contributed by atoms with Crippen LogP contribution in [0.1, 0.15) is 12.8 Å². The monoisotopic (exact) mass is 303 g/mol. The molecule has 0 N–H and O–H groups in total. The first kappa shape index (κ1) is 16.9. The molecule has 0 aliphatic rings. The molecular formula is C11H21N5O3S. The van der Waals surface area contributed by atoms with Crippen LogP contribution in [0.15, 0.2) is 5.16 Å². The topological polar surface area (TPSA) is 82.4 Å². The fourth-order valence-corrected chi connectivity index (χ4v) is 2.24. The zero-order valence-electron chi connectivity index (χ0n) is 12.3. The summed E-state index contributed by atoms with van der Waals surface area (Å²) in [6.45, 7) is 0.430. The van der Waals surface area contributed by atoms with Crippen LogP contribution in [0.3, 0.4) is 0 Å². The summed E-state index contributed by atoms with van der Waals surface area (Å²) < 4.78 is 11.9. The lowest BCUT2D eigenvalue weighted by atomic mass is 10.3. The first-order valence-electron chi connectivity index (χ1n) is 6.23. The molecule has 0 spiro atoms. The van der Waals surface area contributed by atoms with E-state index in [0.717, 1.165) is 12.2 Å². The molecule has 0 fully saturated rings. The van der Waals surface area contributed by atoms with E-state index in [1.807, 2.05) is 0 Å². The van der Waals surface area contributed by atoms with Gasteiger partial charge in [0.1, 0.15) is 0 Å². The summed E-state index contributed by atoms with van der Waals surface area (Å²) in [7, 11) is 6.65. The number of nitrogens with zero attached hydrogens (tertiary/aromatic N) is 5. The summed E-state index contributed by atoms with van der Waals surface area (Å²) in [5.41, 5.74) is 0. The Morgan fingerprint density at radius 1 is 1.40 bits per heavy atom. The van der Waals surface area contributed by atoms with E-state index in [4.69, 9.17) is 9.47 Å². The molecule has 0 aromatic carbocycles. The van der Waals surface area contributed by atoms with E-state index in [-0.39, 0.29) is 12.2 Å². The number of carbonyl (C=O) groups excluding carboxylic acids is 1. The number of tetrazole rings is 1. The molecule has 0 unspecified atom stereocenters. The van der Waals surface area contributed by atoms with E-state index in [1.54, 1.807) is 37.9 Å². The largest absolute Gasteiger partial charge is 0.354 e. The highest BCUT2D eigenvalue weighted by Crippen LogP contribution is 2.16. The second-order valence-electron chi connectivity index (χ2n) is 4.28. The van der Waals surface area contributed by atoms with E-state index in [1.165, 1.54) is 11.8 Å². The second-order valence-corrected chi connectivity index (χ2v) is 5.35. The lowest BCUT2D eigenvalue weighted by molar-refractivity contribution is -0.128. The van der Waals surface area contributed by atoms with Gasteiger partial charge in [0.25, 0.3) is 0 Å². The molecule has 0 bridgehead atoms. The molecular weight excluding hydrogens is 282 g/mol. The molecule has 1 heterocycles. The van der Waals surface area contributed by atoms with Gasteiger partial charge in [-0.15, -0.1) is 5.10 Å². The standard InChI is InChI=1S/C11H21N5O3S/c1-15(2)9(17)6-5-7-20-11-12-13-14-16(11)8-10(18-3)19-4/h10H,5-8H2,1-4H3. The van der Waals surface area contributed by atoms with Crippen molar-refractivity contribution in [1.29, 1.82) is 0 Å². The van der Waals surface area contributed by atoms with Crippen molar-refractivity contribution in [2.45, 2.75) is 30.8 Å². The number of thioether (sulfide) groups is 1. The van der Waals surface area contributed by atoms with Crippen molar-refractivity contribution in [3.63, 3.8) is 0 Å². The number of amides is 1. The molecule has 0 aliphatic heterocycles. The maximum absolute atomic E-state index is 11.4. The van der Waals surface area contributed by atoms with Gasteiger partial charge in [0.2, 0.25) is 11.1 Å². The van der Waals surface area contributed by atoms with Crippen molar-refractivity contribution >= 4 is 17.7 Å². The molecule has 1 rings (SSSR count). The maximum Gasteiger partial charge on any atom is 0.222 e. The van der Waals surface area contributed by atoms with Crippen molar-refractivity contribution in [3.8, 4) is 0 Å². The van der Waals surface area contributed by atoms with E-state index in [2.05, 4.69) is 15.5 Å². The third kappa shape index (κ3) is 5.43. The van der Waals surface area contributed by atoms with Crippen LogP contribution in [0.5, 0.6) is 0 Å². The molecule has 0 saturated carbocycles. The van der Waals surface area contributed by atoms with Crippen LogP contribution >= 0.6 is 11.8 Å². The lowest BCUT2D eigenvalue weighted by Crippen LogP contribution is -2.22. The van der Waals surface area contributed by atoms with Gasteiger partial charge in [0.15, 0.2) is 6.29 Å². The molecule has 1 amide bonds.